The molecule has 2 aromatic carbocycles. The van der Waals surface area contributed by atoms with Crippen molar-refractivity contribution in [3.05, 3.63) is 65.7 Å². The van der Waals surface area contributed by atoms with E-state index in [0.717, 1.165) is 30.8 Å². The molecule has 0 radical (unpaired) electrons. The second-order valence-electron chi connectivity index (χ2n) is 5.84. The van der Waals surface area contributed by atoms with Crippen molar-refractivity contribution in [1.29, 1.82) is 0 Å². The number of carbonyl (C=O) groups is 1. The van der Waals surface area contributed by atoms with Gasteiger partial charge in [-0.25, -0.2) is 0 Å². The number of unbranched alkanes of at least 4 members (excludes halogenated alkanes) is 3. The van der Waals surface area contributed by atoms with E-state index in [2.05, 4.69) is 19.1 Å². The third-order valence-corrected chi connectivity index (χ3v) is 3.93. The minimum Gasteiger partial charge on any atom is -0.494 e. The Morgan fingerprint density at radius 1 is 0.913 bits per heavy atom. The molecule has 0 fully saturated rings. The maximum atomic E-state index is 12.1. The van der Waals surface area contributed by atoms with Gasteiger partial charge in [-0.1, -0.05) is 68.7 Å². The highest BCUT2D eigenvalue weighted by Crippen LogP contribution is 2.15. The molecule has 2 nitrogen and oxygen atoms in total. The highest BCUT2D eigenvalue weighted by atomic mass is 16.5. The third kappa shape index (κ3) is 6.27. The summed E-state index contributed by atoms with van der Waals surface area (Å²) >= 11 is 0. The van der Waals surface area contributed by atoms with Gasteiger partial charge in [0, 0.05) is 12.0 Å². The van der Waals surface area contributed by atoms with E-state index in [0.29, 0.717) is 6.42 Å². The molecule has 0 aromatic heterocycles. The highest BCUT2D eigenvalue weighted by molar-refractivity contribution is 5.96. The van der Waals surface area contributed by atoms with Crippen LogP contribution >= 0.6 is 0 Å². The summed E-state index contributed by atoms with van der Waals surface area (Å²) in [5.74, 6) is 1.11. The molecule has 0 saturated carbocycles. The lowest BCUT2D eigenvalue weighted by Crippen LogP contribution is -2.01. The number of hydrogen-bond donors (Lipinski definition) is 0. The normalized spacial score (nSPS) is 10.5. The molecular weight excluding hydrogens is 284 g/mol. The average molecular weight is 310 g/mol. The first-order valence-electron chi connectivity index (χ1n) is 8.59. The first kappa shape index (κ1) is 17.3. The molecule has 0 heterocycles. The summed E-state index contributed by atoms with van der Waals surface area (Å²) in [5, 5.41) is 0. The molecule has 23 heavy (non-hydrogen) atoms. The van der Waals surface area contributed by atoms with Crippen LogP contribution in [-0.2, 0) is 6.42 Å². The van der Waals surface area contributed by atoms with Gasteiger partial charge in [-0.3, -0.25) is 4.79 Å². The van der Waals surface area contributed by atoms with Crippen molar-refractivity contribution < 1.29 is 9.53 Å². The Morgan fingerprint density at radius 2 is 1.65 bits per heavy atom. The minimum absolute atomic E-state index is 0.196. The predicted molar refractivity (Wildman–Crippen MR) is 95.2 cm³/mol. The molecular formula is C21H26O2. The van der Waals surface area contributed by atoms with E-state index >= 15 is 0 Å². The second-order valence-corrected chi connectivity index (χ2v) is 5.84. The minimum atomic E-state index is 0.196. The first-order chi connectivity index (χ1) is 11.3. The van der Waals surface area contributed by atoms with Crippen LogP contribution in [0.2, 0.25) is 0 Å². The Kier molecular flexibility index (Phi) is 7.38. The molecule has 0 bridgehead atoms. The van der Waals surface area contributed by atoms with Crippen molar-refractivity contribution in [3.8, 4) is 5.75 Å². The van der Waals surface area contributed by atoms with Gasteiger partial charge in [-0.15, -0.1) is 0 Å². The summed E-state index contributed by atoms with van der Waals surface area (Å²) < 4.78 is 5.74. The Hall–Kier alpha value is -2.09. The lowest BCUT2D eigenvalue weighted by atomic mass is 10.0. The molecule has 0 atom stereocenters. The van der Waals surface area contributed by atoms with E-state index < -0.39 is 0 Å². The van der Waals surface area contributed by atoms with Crippen molar-refractivity contribution in [2.75, 3.05) is 6.61 Å². The highest BCUT2D eigenvalue weighted by Gasteiger charge is 2.05. The van der Waals surface area contributed by atoms with Crippen LogP contribution in [0.3, 0.4) is 0 Å². The van der Waals surface area contributed by atoms with Gasteiger partial charge in [-0.2, -0.15) is 0 Å². The van der Waals surface area contributed by atoms with Gasteiger partial charge in [0.15, 0.2) is 5.78 Å². The summed E-state index contributed by atoms with van der Waals surface area (Å²) in [6.45, 7) is 2.99. The molecule has 0 aliphatic heterocycles. The fourth-order valence-corrected chi connectivity index (χ4v) is 2.50. The quantitative estimate of drug-likeness (QED) is 0.430. The Bertz CT molecular complexity index is 573. The van der Waals surface area contributed by atoms with Crippen LogP contribution in [0.4, 0.5) is 0 Å². The van der Waals surface area contributed by atoms with Crippen LogP contribution < -0.4 is 4.74 Å². The summed E-state index contributed by atoms with van der Waals surface area (Å²) in [7, 11) is 0. The van der Waals surface area contributed by atoms with Crippen LogP contribution in [0.5, 0.6) is 5.75 Å². The van der Waals surface area contributed by atoms with E-state index in [4.69, 9.17) is 4.74 Å². The number of aryl methyl sites for hydroxylation is 1. The number of rotatable bonds is 10. The molecule has 2 rings (SSSR count). The molecule has 0 saturated heterocycles. The maximum Gasteiger partial charge on any atom is 0.163 e. The van der Waals surface area contributed by atoms with Crippen molar-refractivity contribution in [3.63, 3.8) is 0 Å². The number of Topliss-reactive ketones (excluding diaryl/α,β-unsaturated/α-hetero) is 1. The lowest BCUT2D eigenvalue weighted by molar-refractivity contribution is 0.0983. The van der Waals surface area contributed by atoms with Crippen molar-refractivity contribution in [2.45, 2.75) is 45.4 Å². The van der Waals surface area contributed by atoms with Gasteiger partial charge in [0.1, 0.15) is 5.75 Å². The van der Waals surface area contributed by atoms with Crippen LogP contribution in [0.1, 0.15) is 54.9 Å². The van der Waals surface area contributed by atoms with Crippen LogP contribution in [0.25, 0.3) is 0 Å². The molecule has 0 aliphatic rings. The molecule has 122 valence electrons. The SMILES string of the molecule is CCCCCCOc1ccc(CCC(=O)c2ccccc2)cc1. The van der Waals surface area contributed by atoms with Gasteiger partial charge in [0.25, 0.3) is 0 Å². The van der Waals surface area contributed by atoms with Gasteiger partial charge in [-0.05, 0) is 30.5 Å². The van der Waals surface area contributed by atoms with Crippen molar-refractivity contribution in [1.82, 2.24) is 0 Å². The molecule has 0 amide bonds. The van der Waals surface area contributed by atoms with Gasteiger partial charge < -0.3 is 4.74 Å². The van der Waals surface area contributed by atoms with E-state index in [1.807, 2.05) is 42.5 Å². The molecule has 0 aliphatic carbocycles. The Labute approximate surface area is 139 Å². The fraction of sp³-hybridized carbons (Fsp3) is 0.381. The first-order valence-corrected chi connectivity index (χ1v) is 8.59. The number of ether oxygens (including phenoxy) is 1. The zero-order chi connectivity index (χ0) is 16.3. The molecule has 2 heteroatoms. The van der Waals surface area contributed by atoms with Crippen molar-refractivity contribution in [2.24, 2.45) is 0 Å². The molecule has 2 aromatic rings. The largest absolute Gasteiger partial charge is 0.494 e. The maximum absolute atomic E-state index is 12.1. The number of carbonyl (C=O) groups excluding carboxylic acids is 1. The zero-order valence-electron chi connectivity index (χ0n) is 14.0. The number of ketones is 1. The van der Waals surface area contributed by atoms with Gasteiger partial charge >= 0.3 is 0 Å². The summed E-state index contributed by atoms with van der Waals surface area (Å²) in [6.07, 6.45) is 6.18. The van der Waals surface area contributed by atoms with Crippen LogP contribution in [0, 0.1) is 0 Å². The monoisotopic (exact) mass is 310 g/mol. The van der Waals surface area contributed by atoms with E-state index in [1.54, 1.807) is 0 Å². The number of benzene rings is 2. The lowest BCUT2D eigenvalue weighted by Gasteiger charge is -2.07. The summed E-state index contributed by atoms with van der Waals surface area (Å²) in [6, 6.07) is 17.6. The Morgan fingerprint density at radius 3 is 2.35 bits per heavy atom. The van der Waals surface area contributed by atoms with Crippen LogP contribution in [-0.4, -0.2) is 12.4 Å². The Balaban J connectivity index is 1.73. The van der Waals surface area contributed by atoms with Crippen molar-refractivity contribution >= 4 is 5.78 Å². The van der Waals surface area contributed by atoms with Gasteiger partial charge in [0.05, 0.1) is 6.61 Å². The molecule has 0 unspecified atom stereocenters. The smallest absolute Gasteiger partial charge is 0.163 e. The average Bonchev–Trinajstić information content (AvgIpc) is 2.61. The van der Waals surface area contributed by atoms with Crippen LogP contribution in [0.15, 0.2) is 54.6 Å². The summed E-state index contributed by atoms with van der Waals surface area (Å²) in [5.41, 5.74) is 1.96. The van der Waals surface area contributed by atoms with E-state index in [1.165, 1.54) is 24.8 Å². The van der Waals surface area contributed by atoms with E-state index in [-0.39, 0.29) is 5.78 Å². The second kappa shape index (κ2) is 9.83. The zero-order valence-corrected chi connectivity index (χ0v) is 14.0. The predicted octanol–water partition coefficient (Wildman–Crippen LogP) is 5.46. The van der Waals surface area contributed by atoms with E-state index in [9.17, 15) is 4.79 Å². The third-order valence-electron chi connectivity index (χ3n) is 3.93. The molecule has 0 N–H and O–H groups in total. The fourth-order valence-electron chi connectivity index (χ4n) is 2.50. The molecule has 0 spiro atoms. The number of hydrogen-bond acceptors (Lipinski definition) is 2. The summed E-state index contributed by atoms with van der Waals surface area (Å²) in [4.78, 5) is 12.1. The standard InChI is InChI=1S/C21H26O2/c1-2-3-4-8-17-23-20-14-11-18(12-15-20)13-16-21(22)19-9-6-5-7-10-19/h5-7,9-12,14-15H,2-4,8,13,16-17H2,1H3. The topological polar surface area (TPSA) is 26.3 Å². The van der Waals surface area contributed by atoms with Gasteiger partial charge in [0.2, 0.25) is 0 Å².